The van der Waals surface area contributed by atoms with E-state index in [1.165, 1.54) is 6.42 Å². The smallest absolute Gasteiger partial charge is 0.136 e. The number of hydrogen-bond acceptors (Lipinski definition) is 2. The molecule has 3 atom stereocenters. The molecule has 2 fully saturated rings. The molecular weight excluding hydrogens is 343 g/mol. The molecule has 0 spiro atoms. The maximum Gasteiger partial charge on any atom is 0.136 e. The van der Waals surface area contributed by atoms with Gasteiger partial charge in [0, 0.05) is 39.5 Å². The highest BCUT2D eigenvalue weighted by atomic mass is 127. The highest BCUT2D eigenvalue weighted by Crippen LogP contribution is 2.53. The van der Waals surface area contributed by atoms with Crippen molar-refractivity contribution in [1.82, 2.24) is 0 Å². The van der Waals surface area contributed by atoms with Gasteiger partial charge in [0.25, 0.3) is 0 Å². The minimum Gasteiger partial charge on any atom is -0.299 e. The van der Waals surface area contributed by atoms with E-state index < -0.39 is 0 Å². The second kappa shape index (κ2) is 6.84. The normalized spacial score (nSPS) is 35.1. The van der Waals surface area contributed by atoms with Crippen molar-refractivity contribution in [3.8, 4) is 11.2 Å². The van der Waals surface area contributed by atoms with Crippen LogP contribution in [0.5, 0.6) is 0 Å². The Hall–Kier alpha value is 0.0500. The van der Waals surface area contributed by atoms with Crippen LogP contribution in [0.2, 0.25) is 0 Å². The van der Waals surface area contributed by atoms with E-state index in [0.717, 1.165) is 25.7 Å². The van der Waals surface area contributed by atoms with E-state index in [1.54, 1.807) is 8.93 Å². The second-order valence-corrected chi connectivity index (χ2v) is 6.51. The molecule has 1 nitrogen and oxygen atoms in total. The van der Waals surface area contributed by atoms with Crippen LogP contribution in [0.1, 0.15) is 39.0 Å². The Balaban J connectivity index is 0.000000686. The Morgan fingerprint density at radius 2 is 2.18 bits per heavy atom. The second-order valence-electron chi connectivity index (χ2n) is 4.83. The summed E-state index contributed by atoms with van der Waals surface area (Å²) in [6, 6.07) is 0. The molecular formula is C14H19IOS. The van der Waals surface area contributed by atoms with Crippen molar-refractivity contribution in [1.29, 1.82) is 0 Å². The van der Waals surface area contributed by atoms with Gasteiger partial charge in [0.1, 0.15) is 5.78 Å². The molecule has 0 N–H and O–H groups in total. The molecule has 2 unspecified atom stereocenters. The highest BCUT2D eigenvalue weighted by molar-refractivity contribution is 14.2. The van der Waals surface area contributed by atoms with Gasteiger partial charge < -0.3 is 0 Å². The Morgan fingerprint density at radius 1 is 1.47 bits per heavy atom. The zero-order chi connectivity index (χ0) is 12.9. The predicted molar refractivity (Wildman–Crippen MR) is 83.8 cm³/mol. The fourth-order valence-electron chi connectivity index (χ4n) is 3.26. The number of ketones is 1. The van der Waals surface area contributed by atoms with Gasteiger partial charge in [0.2, 0.25) is 0 Å². The van der Waals surface area contributed by atoms with Crippen LogP contribution in [0.15, 0.2) is 13.2 Å². The average molecular weight is 362 g/mol. The molecule has 3 heteroatoms. The minimum atomic E-state index is 0.189. The summed E-state index contributed by atoms with van der Waals surface area (Å²) < 4.78 is 0. The lowest BCUT2D eigenvalue weighted by Gasteiger charge is -2.37. The molecule has 2 rings (SSSR count). The molecule has 17 heavy (non-hydrogen) atoms. The van der Waals surface area contributed by atoms with Gasteiger partial charge in [-0.15, -0.1) is 13.2 Å². The molecule has 2 aliphatic rings. The SMILES string of the molecule is C=C.C[C@]12CCCC(=O)C1CCC2C#CSI. The van der Waals surface area contributed by atoms with Gasteiger partial charge in [-0.25, -0.2) is 0 Å². The summed E-state index contributed by atoms with van der Waals surface area (Å²) in [6.07, 6.45) is 5.26. The lowest BCUT2D eigenvalue weighted by Crippen LogP contribution is -2.36. The molecule has 0 bridgehead atoms. The summed E-state index contributed by atoms with van der Waals surface area (Å²) in [6.45, 7) is 8.28. The molecule has 94 valence electrons. The summed E-state index contributed by atoms with van der Waals surface area (Å²) in [5, 5.41) is 3.11. The standard InChI is InChI=1S/C12H15IOS.C2H4/c1-12-7-2-3-11(14)10(12)5-4-9(12)6-8-15-13;1-2/h9-10H,2-5,7H2,1H3;1-2H2/t9?,10?,12-;/m1./s1. The van der Waals surface area contributed by atoms with E-state index in [4.69, 9.17) is 0 Å². The molecule has 2 saturated carbocycles. The third kappa shape index (κ3) is 3.08. The molecule has 0 heterocycles. The Kier molecular flexibility index (Phi) is 6.08. The lowest BCUT2D eigenvalue weighted by atomic mass is 9.65. The number of carbonyl (C=O) groups is 1. The first kappa shape index (κ1) is 15.1. The zero-order valence-electron chi connectivity index (χ0n) is 10.3. The number of Topliss-reactive ketones (excluding diaryl/α,β-unsaturated/α-hetero) is 1. The fraction of sp³-hybridized carbons (Fsp3) is 0.643. The number of rotatable bonds is 0. The molecule has 0 amide bonds. The van der Waals surface area contributed by atoms with Crippen LogP contribution in [0, 0.1) is 28.4 Å². The zero-order valence-corrected chi connectivity index (χ0v) is 13.3. The van der Waals surface area contributed by atoms with Crippen molar-refractivity contribution >= 4 is 35.9 Å². The summed E-state index contributed by atoms with van der Waals surface area (Å²) >= 11 is 2.21. The highest BCUT2D eigenvalue weighted by Gasteiger charge is 2.50. The van der Waals surface area contributed by atoms with Gasteiger partial charge in [0.15, 0.2) is 0 Å². The quantitative estimate of drug-likeness (QED) is 0.355. The van der Waals surface area contributed by atoms with Crippen molar-refractivity contribution < 1.29 is 4.79 Å². The third-order valence-corrected chi connectivity index (χ3v) is 4.99. The predicted octanol–water partition coefficient (Wildman–Crippen LogP) is 4.62. The van der Waals surface area contributed by atoms with E-state index in [0.29, 0.717) is 17.6 Å². The van der Waals surface area contributed by atoms with E-state index >= 15 is 0 Å². The minimum absolute atomic E-state index is 0.189. The summed E-state index contributed by atoms with van der Waals surface area (Å²) in [5.41, 5.74) is 0.189. The van der Waals surface area contributed by atoms with Crippen LogP contribution in [-0.4, -0.2) is 5.78 Å². The maximum absolute atomic E-state index is 11.8. The van der Waals surface area contributed by atoms with Crippen molar-refractivity contribution in [2.75, 3.05) is 0 Å². The fourth-order valence-corrected chi connectivity index (χ4v) is 3.83. The largest absolute Gasteiger partial charge is 0.299 e. The van der Waals surface area contributed by atoms with Gasteiger partial charge in [-0.1, -0.05) is 12.8 Å². The molecule has 0 radical (unpaired) electrons. The lowest BCUT2D eigenvalue weighted by molar-refractivity contribution is -0.129. The van der Waals surface area contributed by atoms with Crippen LogP contribution < -0.4 is 0 Å². The Morgan fingerprint density at radius 3 is 2.82 bits per heavy atom. The molecule has 0 saturated heterocycles. The number of carbonyl (C=O) groups excluding carboxylic acids is 1. The van der Waals surface area contributed by atoms with E-state index in [1.807, 2.05) is 0 Å². The molecule has 0 aromatic heterocycles. The first-order chi connectivity index (χ1) is 8.18. The van der Waals surface area contributed by atoms with Gasteiger partial charge >= 0.3 is 0 Å². The topological polar surface area (TPSA) is 17.1 Å². The van der Waals surface area contributed by atoms with E-state index in [-0.39, 0.29) is 5.41 Å². The third-order valence-electron chi connectivity index (χ3n) is 4.14. The molecule has 2 aliphatic carbocycles. The monoisotopic (exact) mass is 362 g/mol. The molecule has 0 aromatic rings. The van der Waals surface area contributed by atoms with Crippen LogP contribution in [0.4, 0.5) is 0 Å². The van der Waals surface area contributed by atoms with Crippen LogP contribution >= 0.6 is 30.1 Å². The van der Waals surface area contributed by atoms with E-state index in [2.05, 4.69) is 52.5 Å². The van der Waals surface area contributed by atoms with Crippen LogP contribution in [-0.2, 0) is 4.79 Å². The average Bonchev–Trinajstić information content (AvgIpc) is 2.67. The van der Waals surface area contributed by atoms with Gasteiger partial charge in [-0.3, -0.25) is 4.79 Å². The van der Waals surface area contributed by atoms with Crippen molar-refractivity contribution in [2.24, 2.45) is 17.3 Å². The van der Waals surface area contributed by atoms with Crippen LogP contribution in [0.3, 0.4) is 0 Å². The Bertz CT molecular complexity index is 344. The van der Waals surface area contributed by atoms with Crippen molar-refractivity contribution in [2.45, 2.75) is 39.0 Å². The summed E-state index contributed by atoms with van der Waals surface area (Å²) in [4.78, 5) is 11.8. The van der Waals surface area contributed by atoms with Crippen molar-refractivity contribution in [3.05, 3.63) is 13.2 Å². The van der Waals surface area contributed by atoms with Gasteiger partial charge in [-0.05, 0) is 45.3 Å². The maximum atomic E-state index is 11.8. The number of halogens is 1. The molecule has 0 aliphatic heterocycles. The van der Waals surface area contributed by atoms with E-state index in [9.17, 15) is 4.79 Å². The Labute approximate surface area is 121 Å². The van der Waals surface area contributed by atoms with Crippen molar-refractivity contribution in [3.63, 3.8) is 0 Å². The summed E-state index contributed by atoms with van der Waals surface area (Å²) in [5.74, 6) is 4.60. The van der Waals surface area contributed by atoms with Crippen LogP contribution in [0.25, 0.3) is 0 Å². The summed E-state index contributed by atoms with van der Waals surface area (Å²) in [7, 11) is 1.55. The first-order valence-electron chi connectivity index (χ1n) is 5.99. The first-order valence-corrected chi connectivity index (χ1v) is 9.35. The molecule has 0 aromatic carbocycles. The number of hydrogen-bond donors (Lipinski definition) is 0. The van der Waals surface area contributed by atoms with Gasteiger partial charge in [-0.2, -0.15) is 0 Å². The van der Waals surface area contributed by atoms with Gasteiger partial charge in [0.05, 0.1) is 0 Å². The number of fused-ring (bicyclic) bond motifs is 1.